The first-order valence-electron chi connectivity index (χ1n) is 7.09. The third-order valence-electron chi connectivity index (χ3n) is 3.81. The van der Waals surface area contributed by atoms with Crippen LogP contribution < -0.4 is 5.32 Å². The highest BCUT2D eigenvalue weighted by Crippen LogP contribution is 2.25. The van der Waals surface area contributed by atoms with Crippen LogP contribution in [0.15, 0.2) is 28.9 Å². The minimum atomic E-state index is -3.09. The maximum atomic E-state index is 12.5. The minimum absolute atomic E-state index is 0.0675. The quantitative estimate of drug-likeness (QED) is 0.907. The fourth-order valence-corrected chi connectivity index (χ4v) is 4.40. The Balaban J connectivity index is 1.91. The average molecular weight is 333 g/mol. The normalized spacial score (nSPS) is 19.4. The van der Waals surface area contributed by atoms with Gasteiger partial charge in [0.25, 0.3) is 5.91 Å². The molecule has 1 saturated heterocycles. The van der Waals surface area contributed by atoms with Gasteiger partial charge in [-0.15, -0.1) is 0 Å². The van der Waals surface area contributed by atoms with Crippen LogP contribution in [0.1, 0.15) is 28.1 Å². The van der Waals surface area contributed by atoms with Crippen LogP contribution in [0.25, 0.3) is 5.88 Å². The zero-order valence-electron chi connectivity index (χ0n) is 12.4. The van der Waals surface area contributed by atoms with E-state index >= 15 is 0 Å². The lowest BCUT2D eigenvalue weighted by Gasteiger charge is -2.10. The standard InChI is InChI=1S/C15H15N3O4S/c1-10-13(14(19)17-11-4-7-23(20,21)9-11)12(8-16)15(22-10)18-5-2-3-6-18/h2-3,5-6,11H,4,7,9H2,1H3,(H,17,19)/t11-/m1/s1. The van der Waals surface area contributed by atoms with Crippen LogP contribution in [0.5, 0.6) is 0 Å². The van der Waals surface area contributed by atoms with Crippen molar-refractivity contribution in [3.63, 3.8) is 0 Å². The van der Waals surface area contributed by atoms with E-state index in [1.54, 1.807) is 36.0 Å². The number of nitriles is 1. The van der Waals surface area contributed by atoms with Gasteiger partial charge in [0.05, 0.1) is 11.5 Å². The molecule has 0 aromatic carbocycles. The van der Waals surface area contributed by atoms with Gasteiger partial charge in [-0.2, -0.15) is 5.26 Å². The van der Waals surface area contributed by atoms with Gasteiger partial charge in [0.15, 0.2) is 9.84 Å². The van der Waals surface area contributed by atoms with E-state index < -0.39 is 21.8 Å². The van der Waals surface area contributed by atoms with Gasteiger partial charge in [-0.05, 0) is 25.5 Å². The van der Waals surface area contributed by atoms with E-state index in [1.807, 2.05) is 6.07 Å². The van der Waals surface area contributed by atoms with Gasteiger partial charge in [0.2, 0.25) is 5.88 Å². The monoisotopic (exact) mass is 333 g/mol. The van der Waals surface area contributed by atoms with Crippen molar-refractivity contribution in [3.05, 3.63) is 41.4 Å². The lowest BCUT2D eigenvalue weighted by molar-refractivity contribution is 0.0939. The Morgan fingerprint density at radius 3 is 2.70 bits per heavy atom. The molecule has 8 heteroatoms. The number of carbonyl (C=O) groups is 1. The number of hydrogen-bond donors (Lipinski definition) is 1. The van der Waals surface area contributed by atoms with Gasteiger partial charge in [0.1, 0.15) is 23.0 Å². The van der Waals surface area contributed by atoms with E-state index in [4.69, 9.17) is 4.42 Å². The van der Waals surface area contributed by atoms with Crippen LogP contribution in [-0.4, -0.2) is 36.4 Å². The molecule has 0 aliphatic carbocycles. The molecule has 120 valence electrons. The second kappa shape index (κ2) is 5.59. The fraction of sp³-hybridized carbons (Fsp3) is 0.333. The van der Waals surface area contributed by atoms with E-state index in [0.29, 0.717) is 12.2 Å². The maximum Gasteiger partial charge on any atom is 0.256 e. The summed E-state index contributed by atoms with van der Waals surface area (Å²) in [5.41, 5.74) is 0.289. The van der Waals surface area contributed by atoms with Gasteiger partial charge < -0.3 is 9.73 Å². The molecular formula is C15H15N3O4S. The third-order valence-corrected chi connectivity index (χ3v) is 5.58. The first-order valence-corrected chi connectivity index (χ1v) is 8.91. The van der Waals surface area contributed by atoms with Gasteiger partial charge in [-0.25, -0.2) is 8.42 Å². The molecule has 1 aliphatic heterocycles. The van der Waals surface area contributed by atoms with Crippen molar-refractivity contribution in [2.24, 2.45) is 0 Å². The van der Waals surface area contributed by atoms with E-state index in [9.17, 15) is 18.5 Å². The van der Waals surface area contributed by atoms with Crippen molar-refractivity contribution in [1.82, 2.24) is 9.88 Å². The lowest BCUT2D eigenvalue weighted by Crippen LogP contribution is -2.36. The molecule has 0 spiro atoms. The maximum absolute atomic E-state index is 12.5. The summed E-state index contributed by atoms with van der Waals surface area (Å²) >= 11 is 0. The van der Waals surface area contributed by atoms with Crippen LogP contribution in [0, 0.1) is 18.3 Å². The molecule has 1 fully saturated rings. The highest BCUT2D eigenvalue weighted by Gasteiger charge is 2.31. The Morgan fingerprint density at radius 2 is 2.13 bits per heavy atom. The molecule has 0 saturated carbocycles. The molecule has 0 unspecified atom stereocenters. The summed E-state index contributed by atoms with van der Waals surface area (Å²) < 4.78 is 30.1. The molecule has 2 aromatic heterocycles. The number of nitrogens with one attached hydrogen (secondary N) is 1. The predicted octanol–water partition coefficient (Wildman–Crippen LogP) is 1.17. The summed E-state index contributed by atoms with van der Waals surface area (Å²) in [6.07, 6.45) is 3.81. The molecule has 0 radical (unpaired) electrons. The number of aromatic nitrogens is 1. The lowest BCUT2D eigenvalue weighted by atomic mass is 10.1. The largest absolute Gasteiger partial charge is 0.443 e. The first kappa shape index (κ1) is 15.4. The van der Waals surface area contributed by atoms with Crippen molar-refractivity contribution < 1.29 is 17.6 Å². The van der Waals surface area contributed by atoms with Gasteiger partial charge in [-0.3, -0.25) is 9.36 Å². The Hall–Kier alpha value is -2.53. The molecule has 1 aliphatic rings. The summed E-state index contributed by atoms with van der Waals surface area (Å²) in [7, 11) is -3.09. The number of carbonyl (C=O) groups excluding carboxylic acids is 1. The van der Waals surface area contributed by atoms with Crippen molar-refractivity contribution in [1.29, 1.82) is 5.26 Å². The molecule has 2 aromatic rings. The van der Waals surface area contributed by atoms with Crippen LogP contribution in [0.2, 0.25) is 0 Å². The Bertz CT molecular complexity index is 888. The van der Waals surface area contributed by atoms with Crippen molar-refractivity contribution in [3.8, 4) is 12.0 Å². The zero-order valence-corrected chi connectivity index (χ0v) is 13.3. The van der Waals surface area contributed by atoms with Gasteiger partial charge in [0, 0.05) is 18.4 Å². The first-order chi connectivity index (χ1) is 10.9. The topological polar surface area (TPSA) is 105 Å². The van der Waals surface area contributed by atoms with Crippen LogP contribution in [-0.2, 0) is 9.84 Å². The molecular weight excluding hydrogens is 318 g/mol. The van der Waals surface area contributed by atoms with E-state index in [-0.39, 0.29) is 28.5 Å². The van der Waals surface area contributed by atoms with Crippen molar-refractivity contribution in [2.75, 3.05) is 11.5 Å². The molecule has 1 atom stereocenters. The molecule has 7 nitrogen and oxygen atoms in total. The van der Waals surface area contributed by atoms with Crippen LogP contribution >= 0.6 is 0 Å². The Kier molecular flexibility index (Phi) is 3.74. The summed E-state index contributed by atoms with van der Waals surface area (Å²) in [6.45, 7) is 1.61. The number of rotatable bonds is 3. The predicted molar refractivity (Wildman–Crippen MR) is 82.0 cm³/mol. The number of furan rings is 1. The summed E-state index contributed by atoms with van der Waals surface area (Å²) in [5.74, 6) is 0.121. The smallest absolute Gasteiger partial charge is 0.256 e. The van der Waals surface area contributed by atoms with Crippen LogP contribution in [0.3, 0.4) is 0 Å². The SMILES string of the molecule is Cc1oc(-n2cccc2)c(C#N)c1C(=O)N[C@@H]1CCS(=O)(=O)C1. The molecule has 1 amide bonds. The third kappa shape index (κ3) is 2.87. The van der Waals surface area contributed by atoms with Gasteiger partial charge in [-0.1, -0.05) is 0 Å². The summed E-state index contributed by atoms with van der Waals surface area (Å²) in [4.78, 5) is 12.5. The Morgan fingerprint density at radius 1 is 1.43 bits per heavy atom. The molecule has 1 N–H and O–H groups in total. The summed E-state index contributed by atoms with van der Waals surface area (Å²) in [6, 6.07) is 5.13. The average Bonchev–Trinajstić information content (AvgIpc) is 3.17. The fourth-order valence-electron chi connectivity index (χ4n) is 2.73. The van der Waals surface area contributed by atoms with Crippen molar-refractivity contribution in [2.45, 2.75) is 19.4 Å². The summed E-state index contributed by atoms with van der Waals surface area (Å²) in [5, 5.41) is 12.1. The van der Waals surface area contributed by atoms with E-state index in [1.165, 1.54) is 0 Å². The molecule has 0 bridgehead atoms. The second-order valence-electron chi connectivity index (χ2n) is 5.49. The molecule has 23 heavy (non-hydrogen) atoms. The van der Waals surface area contributed by atoms with E-state index in [2.05, 4.69) is 5.32 Å². The van der Waals surface area contributed by atoms with Crippen LogP contribution in [0.4, 0.5) is 0 Å². The minimum Gasteiger partial charge on any atom is -0.443 e. The molecule has 3 heterocycles. The number of sulfone groups is 1. The zero-order chi connectivity index (χ0) is 16.6. The molecule has 3 rings (SSSR count). The number of amides is 1. The number of nitrogens with zero attached hydrogens (tertiary/aromatic N) is 2. The van der Waals surface area contributed by atoms with Crippen molar-refractivity contribution >= 4 is 15.7 Å². The van der Waals surface area contributed by atoms with Gasteiger partial charge >= 0.3 is 0 Å². The number of aryl methyl sites for hydroxylation is 1. The number of hydrogen-bond acceptors (Lipinski definition) is 5. The highest BCUT2D eigenvalue weighted by molar-refractivity contribution is 7.91. The second-order valence-corrected chi connectivity index (χ2v) is 7.72. The van der Waals surface area contributed by atoms with E-state index in [0.717, 1.165) is 0 Å². The Labute approximate surface area is 133 Å². The highest BCUT2D eigenvalue weighted by atomic mass is 32.2.